The van der Waals surface area contributed by atoms with Gasteiger partial charge in [0.25, 0.3) is 0 Å². The summed E-state index contributed by atoms with van der Waals surface area (Å²) in [6, 6.07) is 12.4. The first-order chi connectivity index (χ1) is 12.3. The van der Waals surface area contributed by atoms with Crippen LogP contribution in [0, 0.1) is 5.41 Å². The fourth-order valence-corrected chi connectivity index (χ4v) is 2.90. The zero-order valence-corrected chi connectivity index (χ0v) is 14.4. The topological polar surface area (TPSA) is 76.1 Å². The fourth-order valence-electron chi connectivity index (χ4n) is 2.90. The van der Waals surface area contributed by atoms with Gasteiger partial charge in [0.05, 0.1) is 0 Å². The van der Waals surface area contributed by atoms with Crippen LogP contribution < -0.4 is 16.2 Å². The first-order valence-electron chi connectivity index (χ1n) is 8.44. The first kappa shape index (κ1) is 17.0. The van der Waals surface area contributed by atoms with Crippen LogP contribution in [0.4, 0.5) is 0 Å². The average molecular weight is 336 g/mol. The Morgan fingerprint density at radius 2 is 2.08 bits per heavy atom. The number of nitrogens with zero attached hydrogens (tertiary/aromatic N) is 2. The Bertz CT molecular complexity index is 741. The molecule has 130 valence electrons. The Hall–Kier alpha value is -2.86. The maximum Gasteiger partial charge on any atom is 0.124 e. The van der Waals surface area contributed by atoms with E-state index in [0.29, 0.717) is 12.4 Å². The maximum absolute atomic E-state index is 8.45. The first-order valence-corrected chi connectivity index (χ1v) is 8.44. The van der Waals surface area contributed by atoms with Gasteiger partial charge in [-0.25, -0.2) is 5.43 Å². The van der Waals surface area contributed by atoms with Crippen molar-refractivity contribution in [2.45, 2.75) is 19.5 Å². The third-order valence-corrected chi connectivity index (χ3v) is 4.22. The van der Waals surface area contributed by atoms with Crippen LogP contribution in [0.15, 0.2) is 60.7 Å². The van der Waals surface area contributed by atoms with Crippen molar-refractivity contribution in [2.75, 3.05) is 13.6 Å². The molecule has 0 saturated heterocycles. The Morgan fingerprint density at radius 1 is 1.24 bits per heavy atom. The maximum atomic E-state index is 8.45. The Labute approximate surface area is 148 Å². The van der Waals surface area contributed by atoms with Crippen LogP contribution in [-0.2, 0) is 19.5 Å². The number of nitrogens with one attached hydrogen (secondary N) is 4. The second-order valence-corrected chi connectivity index (χ2v) is 5.97. The average Bonchev–Trinajstić information content (AvgIpc) is 2.66. The molecular formula is C19H24N6. The molecular weight excluding hydrogens is 312 g/mol. The second kappa shape index (κ2) is 8.30. The largest absolute Gasteiger partial charge is 0.367 e. The molecule has 1 aliphatic rings. The zero-order chi connectivity index (χ0) is 17.5. The summed E-state index contributed by atoms with van der Waals surface area (Å²) in [5.74, 6) is 1.25. The predicted molar refractivity (Wildman–Crippen MR) is 99.6 cm³/mol. The number of fused-ring (bicyclic) bond motifs is 1. The van der Waals surface area contributed by atoms with E-state index in [1.165, 1.54) is 11.1 Å². The van der Waals surface area contributed by atoms with Gasteiger partial charge in [-0.3, -0.25) is 10.4 Å². The Balaban J connectivity index is 1.64. The lowest BCUT2D eigenvalue weighted by Crippen LogP contribution is -2.38. The number of pyridine rings is 1. The van der Waals surface area contributed by atoms with Crippen LogP contribution in [0.25, 0.3) is 0 Å². The van der Waals surface area contributed by atoms with Crippen molar-refractivity contribution in [3.05, 3.63) is 77.4 Å². The van der Waals surface area contributed by atoms with Crippen LogP contribution in [0.3, 0.4) is 0 Å². The van der Waals surface area contributed by atoms with Crippen LogP contribution in [0.1, 0.15) is 16.7 Å². The third kappa shape index (κ3) is 4.58. The molecule has 0 fully saturated rings. The van der Waals surface area contributed by atoms with Gasteiger partial charge in [-0.2, -0.15) is 0 Å². The van der Waals surface area contributed by atoms with E-state index in [1.807, 2.05) is 24.4 Å². The zero-order valence-electron chi connectivity index (χ0n) is 14.4. The summed E-state index contributed by atoms with van der Waals surface area (Å²) in [5.41, 5.74) is 9.75. The van der Waals surface area contributed by atoms with Crippen molar-refractivity contribution >= 4 is 5.84 Å². The molecule has 0 atom stereocenters. The number of rotatable bonds is 6. The van der Waals surface area contributed by atoms with E-state index in [4.69, 9.17) is 5.41 Å². The lowest BCUT2D eigenvalue weighted by atomic mass is 10.00. The number of hydrazine groups is 1. The molecule has 6 heteroatoms. The molecule has 2 aromatic rings. The lowest BCUT2D eigenvalue weighted by Gasteiger charge is -2.30. The highest BCUT2D eigenvalue weighted by molar-refractivity contribution is 5.90. The van der Waals surface area contributed by atoms with E-state index < -0.39 is 0 Å². The van der Waals surface area contributed by atoms with Gasteiger partial charge in [0, 0.05) is 45.2 Å². The number of amidine groups is 1. The number of benzene rings is 1. The van der Waals surface area contributed by atoms with Crippen molar-refractivity contribution in [3.8, 4) is 0 Å². The minimum Gasteiger partial charge on any atom is -0.367 e. The van der Waals surface area contributed by atoms with E-state index in [-0.39, 0.29) is 0 Å². The van der Waals surface area contributed by atoms with E-state index in [2.05, 4.69) is 50.3 Å². The molecule has 1 aromatic carbocycles. The summed E-state index contributed by atoms with van der Waals surface area (Å²) in [7, 11) is 1.81. The predicted octanol–water partition coefficient (Wildman–Crippen LogP) is 1.77. The second-order valence-electron chi connectivity index (χ2n) is 5.97. The minimum atomic E-state index is 0.492. The molecule has 0 radical (unpaired) electrons. The molecule has 2 heterocycles. The van der Waals surface area contributed by atoms with Gasteiger partial charge in [-0.1, -0.05) is 30.3 Å². The Kier molecular flexibility index (Phi) is 5.64. The number of hydrogen-bond acceptors (Lipinski definition) is 5. The summed E-state index contributed by atoms with van der Waals surface area (Å²) in [5, 5.41) is 11.8. The fraction of sp³-hybridized carbons (Fsp3) is 0.263. The van der Waals surface area contributed by atoms with E-state index in [9.17, 15) is 0 Å². The summed E-state index contributed by atoms with van der Waals surface area (Å²) >= 11 is 0. The van der Waals surface area contributed by atoms with Crippen LogP contribution in [0.2, 0.25) is 0 Å². The molecule has 1 aliphatic heterocycles. The molecule has 0 aliphatic carbocycles. The molecule has 3 rings (SSSR count). The van der Waals surface area contributed by atoms with Crippen molar-refractivity contribution < 1.29 is 0 Å². The molecule has 0 spiro atoms. The van der Waals surface area contributed by atoms with Crippen molar-refractivity contribution in [3.63, 3.8) is 0 Å². The third-order valence-electron chi connectivity index (χ3n) is 4.22. The molecule has 6 nitrogen and oxygen atoms in total. The number of hydrogen-bond donors (Lipinski definition) is 4. The minimum absolute atomic E-state index is 0.492. The van der Waals surface area contributed by atoms with Gasteiger partial charge in [0.2, 0.25) is 0 Å². The lowest BCUT2D eigenvalue weighted by molar-refractivity contribution is 0.393. The molecule has 25 heavy (non-hydrogen) atoms. The van der Waals surface area contributed by atoms with Gasteiger partial charge in [-0.05, 0) is 29.2 Å². The van der Waals surface area contributed by atoms with E-state index >= 15 is 0 Å². The highest BCUT2D eigenvalue weighted by Crippen LogP contribution is 2.18. The highest BCUT2D eigenvalue weighted by atomic mass is 15.4. The summed E-state index contributed by atoms with van der Waals surface area (Å²) in [6.45, 7) is 2.28. The monoisotopic (exact) mass is 336 g/mol. The molecule has 1 aromatic heterocycles. The summed E-state index contributed by atoms with van der Waals surface area (Å²) in [4.78, 5) is 6.21. The number of aromatic nitrogens is 1. The normalized spacial score (nSPS) is 14.0. The summed E-state index contributed by atoms with van der Waals surface area (Å²) < 4.78 is 0. The SMILES string of the molecule is CNN/C(=C\C(=N)N1CCc2ccccc2C1)NCc1cccnc1. The summed E-state index contributed by atoms with van der Waals surface area (Å²) in [6.07, 6.45) is 6.39. The van der Waals surface area contributed by atoms with Crippen molar-refractivity contribution in [1.82, 2.24) is 26.1 Å². The van der Waals surface area contributed by atoms with Gasteiger partial charge >= 0.3 is 0 Å². The smallest absolute Gasteiger partial charge is 0.124 e. The Morgan fingerprint density at radius 3 is 2.84 bits per heavy atom. The van der Waals surface area contributed by atoms with Gasteiger partial charge in [0.1, 0.15) is 11.7 Å². The van der Waals surface area contributed by atoms with E-state index in [1.54, 1.807) is 13.2 Å². The molecule has 0 bridgehead atoms. The van der Waals surface area contributed by atoms with Gasteiger partial charge in [-0.15, -0.1) is 0 Å². The molecule has 0 saturated carbocycles. The molecule has 0 amide bonds. The molecule has 4 N–H and O–H groups in total. The van der Waals surface area contributed by atoms with Crippen LogP contribution in [0.5, 0.6) is 0 Å². The highest BCUT2D eigenvalue weighted by Gasteiger charge is 2.17. The van der Waals surface area contributed by atoms with E-state index in [0.717, 1.165) is 30.9 Å². The molecule has 0 unspecified atom stereocenters. The quantitative estimate of drug-likeness (QED) is 0.367. The van der Waals surface area contributed by atoms with Crippen molar-refractivity contribution in [2.24, 2.45) is 0 Å². The van der Waals surface area contributed by atoms with Crippen LogP contribution in [-0.4, -0.2) is 29.3 Å². The van der Waals surface area contributed by atoms with Crippen molar-refractivity contribution in [1.29, 1.82) is 5.41 Å². The standard InChI is InChI=1S/C19H24N6/c1-21-24-19(23-13-15-5-4-9-22-12-15)11-18(20)25-10-8-16-6-2-3-7-17(16)14-25/h2-7,9,11-12,20-21,23-24H,8,10,13-14H2,1H3/b19-11-,20-18?. The van der Waals surface area contributed by atoms with Gasteiger partial charge < -0.3 is 15.6 Å². The van der Waals surface area contributed by atoms with Gasteiger partial charge in [0.15, 0.2) is 0 Å². The van der Waals surface area contributed by atoms with Crippen LogP contribution >= 0.6 is 0 Å².